The highest BCUT2D eigenvalue weighted by molar-refractivity contribution is 9.08. The molecule has 2 rings (SSSR count). The number of hydrogen-bond donors (Lipinski definition) is 0. The molecule has 0 aromatic heterocycles. The molecule has 2 aromatic rings. The lowest BCUT2D eigenvalue weighted by atomic mass is 10.1. The van der Waals surface area contributed by atoms with Crippen molar-refractivity contribution in [2.75, 3.05) is 11.9 Å². The van der Waals surface area contributed by atoms with Gasteiger partial charge in [0.1, 0.15) is 0 Å². The third-order valence-electron chi connectivity index (χ3n) is 3.52. The molecule has 2 aromatic carbocycles. The summed E-state index contributed by atoms with van der Waals surface area (Å²) in [6.45, 7) is 2.16. The number of anilines is 1. The number of rotatable bonds is 4. The maximum Gasteiger partial charge on any atom is 0.0511 e. The standard InChI is InChI=1S/C16H16BrCl2N/c1-11(12-5-3-6-13(18)9-12)20(2)16-8-4-7-15(19)14(16)10-17/h3-9,11H,10H2,1-2H3. The largest absolute Gasteiger partial charge is 0.368 e. The first-order valence-corrected chi connectivity index (χ1v) is 8.24. The molecule has 0 aliphatic rings. The lowest BCUT2D eigenvalue weighted by Crippen LogP contribution is -2.22. The fourth-order valence-corrected chi connectivity index (χ4v) is 3.39. The van der Waals surface area contributed by atoms with Gasteiger partial charge in [-0.05, 0) is 36.8 Å². The summed E-state index contributed by atoms with van der Waals surface area (Å²) in [6.07, 6.45) is 0. The smallest absolute Gasteiger partial charge is 0.0511 e. The molecule has 0 aliphatic heterocycles. The van der Waals surface area contributed by atoms with Crippen LogP contribution in [0.1, 0.15) is 24.1 Å². The molecule has 0 aliphatic carbocycles. The summed E-state index contributed by atoms with van der Waals surface area (Å²) >= 11 is 15.9. The quantitative estimate of drug-likeness (QED) is 0.587. The molecule has 0 saturated heterocycles. The van der Waals surface area contributed by atoms with Gasteiger partial charge in [0.2, 0.25) is 0 Å². The van der Waals surface area contributed by atoms with Crippen LogP contribution >= 0.6 is 39.1 Å². The van der Waals surface area contributed by atoms with Gasteiger partial charge in [-0.1, -0.05) is 57.3 Å². The molecule has 0 amide bonds. The first-order chi connectivity index (χ1) is 9.54. The Morgan fingerprint density at radius 1 is 1.15 bits per heavy atom. The second-order valence-corrected chi connectivity index (χ2v) is 6.12. The van der Waals surface area contributed by atoms with E-state index in [1.54, 1.807) is 0 Å². The molecule has 0 spiro atoms. The highest BCUT2D eigenvalue weighted by Crippen LogP contribution is 2.33. The van der Waals surface area contributed by atoms with E-state index in [-0.39, 0.29) is 6.04 Å². The molecule has 0 fully saturated rings. The summed E-state index contributed by atoms with van der Waals surface area (Å²) in [5.74, 6) is 0. The van der Waals surface area contributed by atoms with Crippen molar-refractivity contribution in [3.05, 3.63) is 63.6 Å². The van der Waals surface area contributed by atoms with Gasteiger partial charge in [-0.3, -0.25) is 0 Å². The van der Waals surface area contributed by atoms with Crippen molar-refractivity contribution in [1.82, 2.24) is 0 Å². The van der Waals surface area contributed by atoms with Crippen molar-refractivity contribution in [2.45, 2.75) is 18.3 Å². The minimum Gasteiger partial charge on any atom is -0.368 e. The summed E-state index contributed by atoms with van der Waals surface area (Å²) in [4.78, 5) is 2.22. The van der Waals surface area contributed by atoms with Gasteiger partial charge >= 0.3 is 0 Å². The van der Waals surface area contributed by atoms with Crippen molar-refractivity contribution in [3.8, 4) is 0 Å². The maximum absolute atomic E-state index is 6.27. The van der Waals surface area contributed by atoms with Gasteiger partial charge in [-0.25, -0.2) is 0 Å². The van der Waals surface area contributed by atoms with Crippen molar-refractivity contribution in [3.63, 3.8) is 0 Å². The van der Waals surface area contributed by atoms with E-state index >= 15 is 0 Å². The molecule has 0 heterocycles. The first kappa shape index (κ1) is 15.7. The molecule has 20 heavy (non-hydrogen) atoms. The minimum atomic E-state index is 0.213. The van der Waals surface area contributed by atoms with Crippen LogP contribution in [0.15, 0.2) is 42.5 Å². The Labute approximate surface area is 138 Å². The Morgan fingerprint density at radius 3 is 2.50 bits per heavy atom. The number of nitrogens with zero attached hydrogens (tertiary/aromatic N) is 1. The zero-order valence-electron chi connectivity index (χ0n) is 11.4. The minimum absolute atomic E-state index is 0.213. The highest BCUT2D eigenvalue weighted by atomic mass is 79.9. The van der Waals surface area contributed by atoms with E-state index in [1.165, 1.54) is 5.56 Å². The SMILES string of the molecule is CC(c1cccc(Cl)c1)N(C)c1cccc(Cl)c1CBr. The van der Waals surface area contributed by atoms with Gasteiger partial charge in [0.25, 0.3) is 0 Å². The molecule has 0 radical (unpaired) electrons. The van der Waals surface area contributed by atoms with Crippen molar-refractivity contribution >= 4 is 44.8 Å². The zero-order chi connectivity index (χ0) is 14.7. The fourth-order valence-electron chi connectivity index (χ4n) is 2.21. The van der Waals surface area contributed by atoms with Crippen LogP contribution in [0.3, 0.4) is 0 Å². The van der Waals surface area contributed by atoms with E-state index in [1.807, 2.05) is 30.3 Å². The van der Waals surface area contributed by atoms with Crippen molar-refractivity contribution < 1.29 is 0 Å². The molecule has 1 unspecified atom stereocenters. The van der Waals surface area contributed by atoms with E-state index < -0.39 is 0 Å². The molecule has 0 bridgehead atoms. The molecular weight excluding hydrogens is 357 g/mol. The summed E-state index contributed by atoms with van der Waals surface area (Å²) in [7, 11) is 2.07. The van der Waals surface area contributed by atoms with E-state index in [0.717, 1.165) is 26.6 Å². The number of halogens is 3. The Morgan fingerprint density at radius 2 is 1.85 bits per heavy atom. The van der Waals surface area contributed by atoms with Crippen molar-refractivity contribution in [2.24, 2.45) is 0 Å². The summed E-state index contributed by atoms with van der Waals surface area (Å²) in [5, 5.41) is 2.27. The van der Waals surface area contributed by atoms with E-state index in [0.29, 0.717) is 0 Å². The van der Waals surface area contributed by atoms with Crippen LogP contribution in [0, 0.1) is 0 Å². The monoisotopic (exact) mass is 371 g/mol. The van der Waals surface area contributed by atoms with E-state index in [4.69, 9.17) is 23.2 Å². The molecular formula is C16H16BrCl2N. The Hall–Kier alpha value is -0.700. The second kappa shape index (κ2) is 6.84. The van der Waals surface area contributed by atoms with Crippen LogP contribution in [0.4, 0.5) is 5.69 Å². The van der Waals surface area contributed by atoms with Crippen LogP contribution < -0.4 is 4.90 Å². The van der Waals surface area contributed by atoms with E-state index in [2.05, 4.69) is 46.9 Å². The molecule has 106 valence electrons. The average Bonchev–Trinajstić information content (AvgIpc) is 2.45. The molecule has 0 N–H and O–H groups in total. The predicted octanol–water partition coefficient (Wildman–Crippen LogP) is 6.09. The molecule has 1 nitrogen and oxygen atoms in total. The lowest BCUT2D eigenvalue weighted by Gasteiger charge is -2.29. The van der Waals surface area contributed by atoms with Gasteiger partial charge in [0, 0.05) is 33.7 Å². The molecule has 0 saturated carbocycles. The van der Waals surface area contributed by atoms with E-state index in [9.17, 15) is 0 Å². The topological polar surface area (TPSA) is 3.24 Å². The van der Waals surface area contributed by atoms with Gasteiger partial charge in [0.05, 0.1) is 6.04 Å². The fraction of sp³-hybridized carbons (Fsp3) is 0.250. The lowest BCUT2D eigenvalue weighted by molar-refractivity contribution is 0.737. The summed E-state index contributed by atoms with van der Waals surface area (Å²) < 4.78 is 0. The number of benzene rings is 2. The van der Waals surface area contributed by atoms with Crippen LogP contribution in [0.5, 0.6) is 0 Å². The molecule has 4 heteroatoms. The van der Waals surface area contributed by atoms with Gasteiger partial charge in [0.15, 0.2) is 0 Å². The van der Waals surface area contributed by atoms with Gasteiger partial charge in [-0.2, -0.15) is 0 Å². The van der Waals surface area contributed by atoms with Crippen molar-refractivity contribution in [1.29, 1.82) is 0 Å². The average molecular weight is 373 g/mol. The van der Waals surface area contributed by atoms with Gasteiger partial charge < -0.3 is 4.90 Å². The number of hydrogen-bond acceptors (Lipinski definition) is 1. The normalized spacial score (nSPS) is 12.2. The third-order valence-corrected chi connectivity index (χ3v) is 4.67. The molecule has 1 atom stereocenters. The van der Waals surface area contributed by atoms with Crippen LogP contribution in [0.25, 0.3) is 0 Å². The first-order valence-electron chi connectivity index (χ1n) is 6.36. The summed E-state index contributed by atoms with van der Waals surface area (Å²) in [6, 6.07) is 14.2. The highest BCUT2D eigenvalue weighted by Gasteiger charge is 2.16. The summed E-state index contributed by atoms with van der Waals surface area (Å²) in [5.41, 5.74) is 3.41. The predicted molar refractivity (Wildman–Crippen MR) is 92.4 cm³/mol. The van der Waals surface area contributed by atoms with Crippen LogP contribution in [-0.2, 0) is 5.33 Å². The van der Waals surface area contributed by atoms with Gasteiger partial charge in [-0.15, -0.1) is 0 Å². The number of alkyl halides is 1. The zero-order valence-corrected chi connectivity index (χ0v) is 14.5. The Bertz CT molecular complexity index is 601. The Kier molecular flexibility index (Phi) is 5.36. The Balaban J connectivity index is 2.36. The third kappa shape index (κ3) is 3.30. The maximum atomic E-state index is 6.27. The van der Waals surface area contributed by atoms with Crippen LogP contribution in [-0.4, -0.2) is 7.05 Å². The second-order valence-electron chi connectivity index (χ2n) is 4.71. The van der Waals surface area contributed by atoms with Crippen LogP contribution in [0.2, 0.25) is 10.0 Å².